The fourth-order valence-electron chi connectivity index (χ4n) is 3.57. The maximum Gasteiger partial charge on any atom is 0.268 e. The fourth-order valence-corrected chi connectivity index (χ4v) is 4.70. The molecule has 2 aromatic rings. The summed E-state index contributed by atoms with van der Waals surface area (Å²) in [4.78, 5) is 7.20. The largest absolute Gasteiger partial charge is 0.333 e. The molecule has 0 amide bonds. The second-order valence-corrected chi connectivity index (χ2v) is 7.83. The van der Waals surface area contributed by atoms with Crippen molar-refractivity contribution in [1.82, 2.24) is 10.1 Å². The van der Waals surface area contributed by atoms with E-state index < -0.39 is 0 Å². The van der Waals surface area contributed by atoms with Crippen LogP contribution >= 0.6 is 23.7 Å². The van der Waals surface area contributed by atoms with Crippen LogP contribution in [0.1, 0.15) is 55.3 Å². The number of aromatic nitrogens is 2. The Morgan fingerprint density at radius 1 is 1.36 bits per heavy atom. The molecule has 1 fully saturated rings. The fraction of sp³-hybridized carbons (Fsp3) is 0.625. The van der Waals surface area contributed by atoms with Crippen LogP contribution in [0.3, 0.4) is 0 Å². The zero-order chi connectivity index (χ0) is 14.4. The number of nitrogens with zero attached hydrogens (tertiary/aromatic N) is 2. The molecule has 120 valence electrons. The van der Waals surface area contributed by atoms with Gasteiger partial charge in [-0.05, 0) is 49.7 Å². The molecule has 4 nitrogen and oxygen atoms in total. The van der Waals surface area contributed by atoms with E-state index in [1.165, 1.54) is 29.7 Å². The van der Waals surface area contributed by atoms with Gasteiger partial charge in [0.15, 0.2) is 5.82 Å². The van der Waals surface area contributed by atoms with Gasteiger partial charge in [-0.25, -0.2) is 0 Å². The van der Waals surface area contributed by atoms with Crippen LogP contribution in [0.25, 0.3) is 10.8 Å². The van der Waals surface area contributed by atoms with E-state index in [2.05, 4.69) is 23.1 Å². The summed E-state index contributed by atoms with van der Waals surface area (Å²) in [7, 11) is 0. The molecule has 2 N–H and O–H groups in total. The number of aryl methyl sites for hydroxylation is 1. The van der Waals surface area contributed by atoms with E-state index in [1.807, 2.05) is 11.3 Å². The van der Waals surface area contributed by atoms with E-state index in [9.17, 15) is 0 Å². The molecule has 0 aliphatic heterocycles. The third-order valence-electron chi connectivity index (χ3n) is 4.91. The first kappa shape index (κ1) is 16.0. The smallest absolute Gasteiger partial charge is 0.268 e. The zero-order valence-corrected chi connectivity index (χ0v) is 14.4. The van der Waals surface area contributed by atoms with Crippen LogP contribution in [-0.4, -0.2) is 10.1 Å². The van der Waals surface area contributed by atoms with Crippen molar-refractivity contribution in [3.63, 3.8) is 0 Å². The number of fused-ring (bicyclic) bond motifs is 1. The number of hydrogen-bond donors (Lipinski definition) is 1. The minimum absolute atomic E-state index is 0. The Hall–Kier alpha value is -0.910. The number of rotatable bonds is 2. The molecule has 2 aliphatic rings. The highest BCUT2D eigenvalue weighted by atomic mass is 35.5. The molecule has 2 aliphatic carbocycles. The van der Waals surface area contributed by atoms with Gasteiger partial charge >= 0.3 is 0 Å². The third-order valence-corrected chi connectivity index (χ3v) is 6.13. The van der Waals surface area contributed by atoms with Crippen molar-refractivity contribution in [2.24, 2.45) is 11.7 Å². The van der Waals surface area contributed by atoms with Crippen molar-refractivity contribution in [2.75, 3.05) is 0 Å². The molecule has 2 aromatic heterocycles. The molecule has 6 heteroatoms. The molecule has 0 radical (unpaired) electrons. The lowest BCUT2D eigenvalue weighted by atomic mass is 9.90. The van der Waals surface area contributed by atoms with E-state index in [-0.39, 0.29) is 17.9 Å². The van der Waals surface area contributed by atoms with Gasteiger partial charge in [-0.2, -0.15) is 4.98 Å². The lowest BCUT2D eigenvalue weighted by Gasteiger charge is -2.17. The minimum atomic E-state index is -0.368. The molecule has 22 heavy (non-hydrogen) atoms. The van der Waals surface area contributed by atoms with Crippen LogP contribution in [0, 0.1) is 5.92 Å². The lowest BCUT2D eigenvalue weighted by Crippen LogP contribution is -2.34. The van der Waals surface area contributed by atoms with Gasteiger partial charge in [0.1, 0.15) is 0 Å². The highest BCUT2D eigenvalue weighted by molar-refractivity contribution is 7.15. The van der Waals surface area contributed by atoms with Crippen LogP contribution in [0.4, 0.5) is 0 Å². The summed E-state index contributed by atoms with van der Waals surface area (Å²) in [6.45, 7) is 2.32. The van der Waals surface area contributed by atoms with Crippen molar-refractivity contribution < 1.29 is 4.52 Å². The average Bonchev–Trinajstić information content (AvgIpc) is 3.15. The molecule has 2 heterocycles. The van der Waals surface area contributed by atoms with Crippen LogP contribution in [-0.2, 0) is 18.4 Å². The molecule has 1 atom stereocenters. The van der Waals surface area contributed by atoms with Gasteiger partial charge in [-0.15, -0.1) is 23.7 Å². The van der Waals surface area contributed by atoms with Gasteiger partial charge < -0.3 is 10.3 Å². The van der Waals surface area contributed by atoms with Gasteiger partial charge in [-0.3, -0.25) is 0 Å². The van der Waals surface area contributed by atoms with Gasteiger partial charge in [0.05, 0.1) is 10.4 Å². The maximum atomic E-state index is 6.41. The molecule has 4 rings (SSSR count). The molecule has 1 saturated carbocycles. The van der Waals surface area contributed by atoms with Gasteiger partial charge in [-0.1, -0.05) is 24.9 Å². The minimum Gasteiger partial charge on any atom is -0.333 e. The summed E-state index contributed by atoms with van der Waals surface area (Å²) in [5.74, 6) is 2.12. The Kier molecular flexibility index (Phi) is 4.32. The Bertz CT molecular complexity index is 660. The summed E-state index contributed by atoms with van der Waals surface area (Å²) >= 11 is 1.81. The van der Waals surface area contributed by atoms with Crippen LogP contribution in [0.2, 0.25) is 0 Å². The number of halogens is 1. The lowest BCUT2D eigenvalue weighted by molar-refractivity contribution is 0.373. The predicted octanol–water partition coefficient (Wildman–Crippen LogP) is 4.07. The molecular formula is C16H22ClN3OS. The summed E-state index contributed by atoms with van der Waals surface area (Å²) in [5.41, 5.74) is 7.51. The second kappa shape index (κ2) is 5.95. The first-order chi connectivity index (χ1) is 10.1. The first-order valence-electron chi connectivity index (χ1n) is 7.89. The third kappa shape index (κ3) is 2.70. The van der Waals surface area contributed by atoms with Crippen LogP contribution in [0.5, 0.6) is 0 Å². The predicted molar refractivity (Wildman–Crippen MR) is 90.4 cm³/mol. The number of nitrogens with two attached hydrogens (primary N) is 1. The summed E-state index contributed by atoms with van der Waals surface area (Å²) in [5, 5.41) is 4.16. The quantitative estimate of drug-likeness (QED) is 0.895. The van der Waals surface area contributed by atoms with E-state index >= 15 is 0 Å². The van der Waals surface area contributed by atoms with E-state index in [0.29, 0.717) is 11.7 Å². The van der Waals surface area contributed by atoms with E-state index in [1.54, 1.807) is 0 Å². The summed E-state index contributed by atoms with van der Waals surface area (Å²) in [6, 6.07) is 2.24. The monoisotopic (exact) mass is 339 g/mol. The van der Waals surface area contributed by atoms with Crippen LogP contribution < -0.4 is 5.73 Å². The van der Waals surface area contributed by atoms with Crippen molar-refractivity contribution >= 4 is 23.7 Å². The summed E-state index contributed by atoms with van der Waals surface area (Å²) < 4.78 is 5.50. The Morgan fingerprint density at radius 2 is 2.14 bits per heavy atom. The van der Waals surface area contributed by atoms with Crippen molar-refractivity contribution in [1.29, 1.82) is 0 Å². The molecule has 1 unspecified atom stereocenters. The Labute approximate surface area is 140 Å². The van der Waals surface area contributed by atoms with E-state index in [4.69, 9.17) is 10.3 Å². The topological polar surface area (TPSA) is 64.9 Å². The molecule has 0 bridgehead atoms. The maximum absolute atomic E-state index is 6.41. The number of hydrogen-bond acceptors (Lipinski definition) is 5. The second-order valence-electron chi connectivity index (χ2n) is 6.69. The molecule has 0 aromatic carbocycles. The highest BCUT2D eigenvalue weighted by Crippen LogP contribution is 2.39. The van der Waals surface area contributed by atoms with Crippen molar-refractivity contribution in [3.8, 4) is 10.8 Å². The Morgan fingerprint density at radius 3 is 2.91 bits per heavy atom. The number of thiophene rings is 1. The van der Waals surface area contributed by atoms with E-state index in [0.717, 1.165) is 36.5 Å². The SMILES string of the molecule is CC1CCc2sc(-c3nc(C4(N)CCCC4)no3)cc2C1.Cl. The molecular weight excluding hydrogens is 318 g/mol. The van der Waals surface area contributed by atoms with Crippen molar-refractivity contribution in [2.45, 2.75) is 57.4 Å². The van der Waals surface area contributed by atoms with Crippen molar-refractivity contribution in [3.05, 3.63) is 22.3 Å². The van der Waals surface area contributed by atoms with Gasteiger partial charge in [0.25, 0.3) is 5.89 Å². The first-order valence-corrected chi connectivity index (χ1v) is 8.71. The normalized spacial score (nSPS) is 23.1. The van der Waals surface area contributed by atoms with Gasteiger partial charge in [0, 0.05) is 4.88 Å². The average molecular weight is 340 g/mol. The zero-order valence-electron chi connectivity index (χ0n) is 12.8. The summed E-state index contributed by atoms with van der Waals surface area (Å²) in [6.07, 6.45) is 7.89. The standard InChI is InChI=1S/C16H21N3OS.ClH/c1-10-4-5-12-11(8-10)9-13(21-12)14-18-15(19-20-14)16(17)6-2-3-7-16;/h9-10H,2-8,17H2,1H3;1H. The highest BCUT2D eigenvalue weighted by Gasteiger charge is 2.36. The van der Waals surface area contributed by atoms with Crippen LogP contribution in [0.15, 0.2) is 10.6 Å². The molecule has 0 spiro atoms. The van der Waals surface area contributed by atoms with Gasteiger partial charge in [0.2, 0.25) is 0 Å². The molecule has 0 saturated heterocycles. The Balaban J connectivity index is 0.00000144.